The Kier molecular flexibility index (Phi) is 9.42. The Labute approximate surface area is 149 Å². The van der Waals surface area contributed by atoms with E-state index in [1.165, 1.54) is 6.07 Å². The molecule has 1 aromatic carbocycles. The van der Waals surface area contributed by atoms with Crippen LogP contribution in [-0.4, -0.2) is 37.3 Å². The fourth-order valence-corrected chi connectivity index (χ4v) is 2.79. The van der Waals surface area contributed by atoms with Gasteiger partial charge in [0, 0.05) is 26.2 Å². The van der Waals surface area contributed by atoms with Crippen molar-refractivity contribution in [3.8, 4) is 0 Å². The van der Waals surface area contributed by atoms with E-state index in [1.807, 2.05) is 6.92 Å². The highest BCUT2D eigenvalue weighted by Crippen LogP contribution is 2.30. The standard InChI is InChI=1S/C19H31F2N3O/c1-4-19(5-2,11-13-25)14-24-18(22-6-3)23-12-10-15-8-7-9-16(20)17(15)21/h7-9,25H,4-6,10-14H2,1-3H3,(H2,22,23,24). The van der Waals surface area contributed by atoms with Gasteiger partial charge in [-0.05, 0) is 49.7 Å². The van der Waals surface area contributed by atoms with Gasteiger partial charge >= 0.3 is 0 Å². The van der Waals surface area contributed by atoms with Crippen molar-refractivity contribution in [2.75, 3.05) is 26.2 Å². The first-order valence-corrected chi connectivity index (χ1v) is 9.07. The highest BCUT2D eigenvalue weighted by atomic mass is 19.2. The van der Waals surface area contributed by atoms with E-state index in [-0.39, 0.29) is 12.0 Å². The third-order valence-corrected chi connectivity index (χ3v) is 4.78. The smallest absolute Gasteiger partial charge is 0.191 e. The molecule has 0 saturated heterocycles. The summed E-state index contributed by atoms with van der Waals surface area (Å²) in [5.74, 6) is -0.952. The Morgan fingerprint density at radius 1 is 1.16 bits per heavy atom. The van der Waals surface area contributed by atoms with Crippen LogP contribution < -0.4 is 10.6 Å². The first-order chi connectivity index (χ1) is 12.0. The minimum Gasteiger partial charge on any atom is -0.396 e. The fraction of sp³-hybridized carbons (Fsp3) is 0.632. The second-order valence-electron chi connectivity index (χ2n) is 6.27. The van der Waals surface area contributed by atoms with E-state index >= 15 is 0 Å². The lowest BCUT2D eigenvalue weighted by atomic mass is 9.79. The molecule has 0 saturated carbocycles. The van der Waals surface area contributed by atoms with Gasteiger partial charge in [0.15, 0.2) is 17.6 Å². The molecule has 1 aromatic rings. The minimum atomic E-state index is -0.822. The van der Waals surface area contributed by atoms with E-state index in [2.05, 4.69) is 29.5 Å². The number of aliphatic imine (C=N–C) groups is 1. The van der Waals surface area contributed by atoms with E-state index in [9.17, 15) is 13.9 Å². The maximum absolute atomic E-state index is 13.7. The quantitative estimate of drug-likeness (QED) is 0.446. The molecule has 0 aromatic heterocycles. The molecule has 0 atom stereocenters. The van der Waals surface area contributed by atoms with Gasteiger partial charge in [0.25, 0.3) is 0 Å². The highest BCUT2D eigenvalue weighted by molar-refractivity contribution is 5.79. The summed E-state index contributed by atoms with van der Waals surface area (Å²) in [6.07, 6.45) is 2.98. The Bertz CT molecular complexity index is 545. The molecule has 142 valence electrons. The number of nitrogens with zero attached hydrogens (tertiary/aromatic N) is 1. The topological polar surface area (TPSA) is 56.7 Å². The van der Waals surface area contributed by atoms with Gasteiger partial charge in [0.05, 0.1) is 0 Å². The molecule has 0 amide bonds. The maximum Gasteiger partial charge on any atom is 0.191 e. The summed E-state index contributed by atoms with van der Waals surface area (Å²) in [6, 6.07) is 4.22. The van der Waals surface area contributed by atoms with Crippen molar-refractivity contribution in [1.29, 1.82) is 0 Å². The summed E-state index contributed by atoms with van der Waals surface area (Å²) < 4.78 is 26.9. The van der Waals surface area contributed by atoms with E-state index in [1.54, 1.807) is 6.07 Å². The number of halogens is 2. The number of guanidine groups is 1. The number of nitrogens with one attached hydrogen (secondary N) is 2. The minimum absolute atomic E-state index is 0.00817. The lowest BCUT2D eigenvalue weighted by Crippen LogP contribution is -2.39. The maximum atomic E-state index is 13.7. The molecule has 4 nitrogen and oxygen atoms in total. The molecule has 0 aliphatic heterocycles. The van der Waals surface area contributed by atoms with Crippen molar-refractivity contribution in [2.45, 2.75) is 46.5 Å². The van der Waals surface area contributed by atoms with E-state index < -0.39 is 11.6 Å². The summed E-state index contributed by atoms with van der Waals surface area (Å²) in [6.45, 7) is 8.14. The van der Waals surface area contributed by atoms with Gasteiger partial charge in [-0.15, -0.1) is 0 Å². The third-order valence-electron chi connectivity index (χ3n) is 4.78. The number of aliphatic hydroxyl groups is 1. The van der Waals surface area contributed by atoms with Crippen LogP contribution in [0.5, 0.6) is 0 Å². The molecule has 0 radical (unpaired) electrons. The molecule has 0 spiro atoms. The predicted octanol–water partition coefficient (Wildman–Crippen LogP) is 3.25. The lowest BCUT2D eigenvalue weighted by molar-refractivity contribution is 0.175. The molecule has 0 heterocycles. The van der Waals surface area contributed by atoms with Gasteiger partial charge in [-0.1, -0.05) is 26.0 Å². The number of hydrogen-bond acceptors (Lipinski definition) is 2. The monoisotopic (exact) mass is 355 g/mol. The van der Waals surface area contributed by atoms with Crippen LogP contribution in [0.3, 0.4) is 0 Å². The van der Waals surface area contributed by atoms with Crippen LogP contribution in [0.4, 0.5) is 8.78 Å². The van der Waals surface area contributed by atoms with Crippen LogP contribution in [0.25, 0.3) is 0 Å². The lowest BCUT2D eigenvalue weighted by Gasteiger charge is -2.29. The second-order valence-corrected chi connectivity index (χ2v) is 6.27. The zero-order valence-corrected chi connectivity index (χ0v) is 15.5. The first kappa shape index (κ1) is 21.4. The van der Waals surface area contributed by atoms with Gasteiger partial charge < -0.3 is 15.7 Å². The Morgan fingerprint density at radius 3 is 2.48 bits per heavy atom. The van der Waals surface area contributed by atoms with Gasteiger partial charge in [-0.3, -0.25) is 4.99 Å². The average Bonchev–Trinajstić information content (AvgIpc) is 2.62. The van der Waals surface area contributed by atoms with Crippen LogP contribution in [0.1, 0.15) is 45.6 Å². The molecule has 0 aliphatic carbocycles. The zero-order valence-electron chi connectivity index (χ0n) is 15.5. The van der Waals surface area contributed by atoms with Crippen molar-refractivity contribution in [1.82, 2.24) is 10.6 Å². The summed E-state index contributed by atoms with van der Waals surface area (Å²) in [5.41, 5.74) is 0.339. The van der Waals surface area contributed by atoms with E-state index in [0.717, 1.165) is 25.3 Å². The number of aliphatic hydroxyl groups excluding tert-OH is 1. The van der Waals surface area contributed by atoms with Crippen molar-refractivity contribution < 1.29 is 13.9 Å². The summed E-state index contributed by atoms with van der Waals surface area (Å²) in [4.78, 5) is 4.63. The zero-order chi connectivity index (χ0) is 18.7. The van der Waals surface area contributed by atoms with Crippen LogP contribution >= 0.6 is 0 Å². The van der Waals surface area contributed by atoms with Crippen LogP contribution in [0.15, 0.2) is 23.2 Å². The summed E-state index contributed by atoms with van der Waals surface area (Å²) in [7, 11) is 0. The predicted molar refractivity (Wildman–Crippen MR) is 98.8 cm³/mol. The Morgan fingerprint density at radius 2 is 1.88 bits per heavy atom. The molecule has 3 N–H and O–H groups in total. The van der Waals surface area contributed by atoms with Crippen molar-refractivity contribution >= 4 is 5.96 Å². The Balaban J connectivity index is 2.68. The number of rotatable bonds is 10. The molecule has 6 heteroatoms. The van der Waals surface area contributed by atoms with E-state index in [4.69, 9.17) is 0 Å². The van der Waals surface area contributed by atoms with Crippen molar-refractivity contribution in [3.63, 3.8) is 0 Å². The molecule has 0 bridgehead atoms. The fourth-order valence-electron chi connectivity index (χ4n) is 2.79. The van der Waals surface area contributed by atoms with E-state index in [0.29, 0.717) is 37.6 Å². The normalized spacial score (nSPS) is 12.3. The van der Waals surface area contributed by atoms with Crippen molar-refractivity contribution in [3.05, 3.63) is 35.4 Å². The highest BCUT2D eigenvalue weighted by Gasteiger charge is 2.25. The molecular weight excluding hydrogens is 324 g/mol. The SMILES string of the molecule is CCNC(=NCC(CC)(CC)CCO)NCCc1cccc(F)c1F. The van der Waals surface area contributed by atoms with Crippen LogP contribution in [-0.2, 0) is 6.42 Å². The van der Waals surface area contributed by atoms with Crippen LogP contribution in [0.2, 0.25) is 0 Å². The van der Waals surface area contributed by atoms with Gasteiger partial charge in [0.1, 0.15) is 0 Å². The molecule has 1 rings (SSSR count). The largest absolute Gasteiger partial charge is 0.396 e. The molecule has 0 fully saturated rings. The van der Waals surface area contributed by atoms with Gasteiger partial charge in [-0.2, -0.15) is 0 Å². The molecule has 25 heavy (non-hydrogen) atoms. The first-order valence-electron chi connectivity index (χ1n) is 9.07. The summed E-state index contributed by atoms with van der Waals surface area (Å²) >= 11 is 0. The van der Waals surface area contributed by atoms with Gasteiger partial charge in [-0.25, -0.2) is 8.78 Å². The Hall–Kier alpha value is -1.69. The number of hydrogen-bond donors (Lipinski definition) is 3. The van der Waals surface area contributed by atoms with Crippen LogP contribution in [0, 0.1) is 17.0 Å². The average molecular weight is 355 g/mol. The molecular formula is C19H31F2N3O. The second kappa shape index (κ2) is 11.0. The van der Waals surface area contributed by atoms with Crippen molar-refractivity contribution in [2.24, 2.45) is 10.4 Å². The molecule has 0 aliphatic rings. The third kappa shape index (κ3) is 6.61. The summed E-state index contributed by atoms with van der Waals surface area (Å²) in [5, 5.41) is 15.6. The number of benzene rings is 1. The molecule has 0 unspecified atom stereocenters. The van der Waals surface area contributed by atoms with Gasteiger partial charge in [0.2, 0.25) is 0 Å².